The Morgan fingerprint density at radius 2 is 1.79 bits per heavy atom. The van der Waals surface area contributed by atoms with Crippen molar-refractivity contribution in [3.63, 3.8) is 0 Å². The summed E-state index contributed by atoms with van der Waals surface area (Å²) in [6, 6.07) is 6.73. The largest absolute Gasteiger partial charge is 0.0654 e. The van der Waals surface area contributed by atoms with Crippen molar-refractivity contribution in [2.75, 3.05) is 0 Å². The van der Waals surface area contributed by atoms with E-state index in [-0.39, 0.29) is 0 Å². The summed E-state index contributed by atoms with van der Waals surface area (Å²) in [6.45, 7) is 6.76. The van der Waals surface area contributed by atoms with Gasteiger partial charge in [0.1, 0.15) is 0 Å². The van der Waals surface area contributed by atoms with Gasteiger partial charge in [0.05, 0.1) is 0 Å². The first kappa shape index (κ1) is 11.3. The highest BCUT2D eigenvalue weighted by Gasteiger charge is 2.03. The predicted molar refractivity (Wildman–Crippen MR) is 63.8 cm³/mol. The molecule has 0 aliphatic rings. The van der Waals surface area contributed by atoms with E-state index in [9.17, 15) is 0 Å². The highest BCUT2D eigenvalue weighted by Crippen LogP contribution is 2.18. The molecule has 0 amide bonds. The summed E-state index contributed by atoms with van der Waals surface area (Å²) in [5, 5.41) is 0. The van der Waals surface area contributed by atoms with Gasteiger partial charge in [0, 0.05) is 0 Å². The van der Waals surface area contributed by atoms with E-state index in [0.717, 1.165) is 0 Å². The first-order valence-corrected chi connectivity index (χ1v) is 5.87. The lowest BCUT2D eigenvalue weighted by atomic mass is 9.95. The molecule has 1 aromatic carbocycles. The molecule has 1 aromatic rings. The molecule has 14 heavy (non-hydrogen) atoms. The van der Waals surface area contributed by atoms with Crippen molar-refractivity contribution in [1.82, 2.24) is 0 Å². The minimum atomic E-state index is 1.24. The number of aryl methyl sites for hydroxylation is 2. The maximum absolute atomic E-state index is 2.30. The van der Waals surface area contributed by atoms with E-state index < -0.39 is 0 Å². The minimum Gasteiger partial charge on any atom is -0.0654 e. The van der Waals surface area contributed by atoms with Crippen LogP contribution in [0.2, 0.25) is 0 Å². The van der Waals surface area contributed by atoms with Gasteiger partial charge in [-0.2, -0.15) is 0 Å². The molecule has 0 nitrogen and oxygen atoms in total. The van der Waals surface area contributed by atoms with Gasteiger partial charge in [-0.1, -0.05) is 44.9 Å². The topological polar surface area (TPSA) is 0 Å². The van der Waals surface area contributed by atoms with E-state index in [1.54, 1.807) is 11.1 Å². The van der Waals surface area contributed by atoms with Gasteiger partial charge in [-0.05, 0) is 42.9 Å². The summed E-state index contributed by atoms with van der Waals surface area (Å²) >= 11 is 0. The Morgan fingerprint density at radius 1 is 1.00 bits per heavy atom. The van der Waals surface area contributed by atoms with E-state index in [1.165, 1.54) is 37.7 Å². The average Bonchev–Trinajstić information content (AvgIpc) is 2.19. The summed E-state index contributed by atoms with van der Waals surface area (Å²) in [5.41, 5.74) is 4.65. The Morgan fingerprint density at radius 3 is 2.43 bits per heavy atom. The maximum Gasteiger partial charge on any atom is -0.0276 e. The van der Waals surface area contributed by atoms with Gasteiger partial charge in [-0.25, -0.2) is 0 Å². The van der Waals surface area contributed by atoms with Gasteiger partial charge in [-0.15, -0.1) is 0 Å². The molecule has 0 N–H and O–H groups in total. The van der Waals surface area contributed by atoms with Gasteiger partial charge >= 0.3 is 0 Å². The van der Waals surface area contributed by atoms with Crippen molar-refractivity contribution in [1.29, 1.82) is 0 Å². The zero-order valence-corrected chi connectivity index (χ0v) is 9.77. The second-order valence-corrected chi connectivity index (χ2v) is 4.07. The first-order chi connectivity index (χ1) is 6.79. The average molecular weight is 190 g/mol. The molecule has 0 aliphatic heterocycles. The first-order valence-electron chi connectivity index (χ1n) is 5.87. The van der Waals surface area contributed by atoms with Crippen molar-refractivity contribution in [2.45, 2.75) is 52.9 Å². The molecule has 78 valence electrons. The summed E-state index contributed by atoms with van der Waals surface area (Å²) in [4.78, 5) is 0. The van der Waals surface area contributed by atoms with Crippen LogP contribution in [0.25, 0.3) is 0 Å². The second kappa shape index (κ2) is 5.85. The lowest BCUT2D eigenvalue weighted by Gasteiger charge is -2.11. The van der Waals surface area contributed by atoms with Crippen LogP contribution in [0.5, 0.6) is 0 Å². The molecule has 0 fully saturated rings. The van der Waals surface area contributed by atoms with Crippen LogP contribution >= 0.6 is 0 Å². The fourth-order valence-electron chi connectivity index (χ4n) is 1.97. The van der Waals surface area contributed by atoms with Crippen LogP contribution in [-0.4, -0.2) is 0 Å². The Labute approximate surface area is 88.4 Å². The molecular formula is C14H22. The third kappa shape index (κ3) is 2.87. The maximum atomic E-state index is 2.30. The molecule has 1 rings (SSSR count). The lowest BCUT2D eigenvalue weighted by molar-refractivity contribution is 0.778. The van der Waals surface area contributed by atoms with Crippen molar-refractivity contribution >= 4 is 0 Å². The molecule has 0 unspecified atom stereocenters. The standard InChI is InChI=1S/C14H22/c1-4-6-10-13-11-7-9-12(3)14(13)8-5-2/h7,9,11H,4-6,8,10H2,1-3H3. The molecule has 0 saturated carbocycles. The third-order valence-electron chi connectivity index (χ3n) is 2.81. The van der Waals surface area contributed by atoms with Crippen LogP contribution in [0.3, 0.4) is 0 Å². The van der Waals surface area contributed by atoms with Crippen molar-refractivity contribution < 1.29 is 0 Å². The Kier molecular flexibility index (Phi) is 4.72. The number of rotatable bonds is 5. The number of hydrogen-bond acceptors (Lipinski definition) is 0. The summed E-state index contributed by atoms with van der Waals surface area (Å²) in [6.07, 6.45) is 6.36. The number of unbranched alkanes of at least 4 members (excludes halogenated alkanes) is 1. The van der Waals surface area contributed by atoms with E-state index in [4.69, 9.17) is 0 Å². The van der Waals surface area contributed by atoms with Crippen LogP contribution in [-0.2, 0) is 12.8 Å². The SMILES string of the molecule is CCCCc1cccc(C)c1CCC. The van der Waals surface area contributed by atoms with Gasteiger partial charge < -0.3 is 0 Å². The van der Waals surface area contributed by atoms with Gasteiger partial charge in [0.25, 0.3) is 0 Å². The quantitative estimate of drug-likeness (QED) is 0.649. The smallest absolute Gasteiger partial charge is 0.0276 e. The van der Waals surface area contributed by atoms with E-state index in [2.05, 4.69) is 39.0 Å². The number of benzene rings is 1. The summed E-state index contributed by atoms with van der Waals surface area (Å²) in [7, 11) is 0. The Hall–Kier alpha value is -0.780. The molecule has 0 radical (unpaired) electrons. The predicted octanol–water partition coefficient (Wildman–Crippen LogP) is 4.29. The van der Waals surface area contributed by atoms with Crippen LogP contribution in [0.4, 0.5) is 0 Å². The minimum absolute atomic E-state index is 1.24. The number of hydrogen-bond donors (Lipinski definition) is 0. The van der Waals surface area contributed by atoms with Crippen molar-refractivity contribution in [3.8, 4) is 0 Å². The zero-order chi connectivity index (χ0) is 10.4. The molecule has 0 aliphatic carbocycles. The van der Waals surface area contributed by atoms with Crippen LogP contribution < -0.4 is 0 Å². The van der Waals surface area contributed by atoms with Crippen molar-refractivity contribution in [3.05, 3.63) is 34.9 Å². The monoisotopic (exact) mass is 190 g/mol. The normalized spacial score (nSPS) is 10.5. The van der Waals surface area contributed by atoms with Gasteiger partial charge in [-0.3, -0.25) is 0 Å². The summed E-state index contributed by atoms with van der Waals surface area (Å²) in [5.74, 6) is 0. The fraction of sp³-hybridized carbons (Fsp3) is 0.571. The van der Waals surface area contributed by atoms with Crippen LogP contribution in [0.15, 0.2) is 18.2 Å². The zero-order valence-electron chi connectivity index (χ0n) is 9.77. The molecule has 0 saturated heterocycles. The van der Waals surface area contributed by atoms with Crippen LogP contribution in [0.1, 0.15) is 49.8 Å². The lowest BCUT2D eigenvalue weighted by Crippen LogP contribution is -1.97. The molecular weight excluding hydrogens is 168 g/mol. The van der Waals surface area contributed by atoms with E-state index in [0.29, 0.717) is 0 Å². The van der Waals surface area contributed by atoms with Crippen LogP contribution in [0, 0.1) is 6.92 Å². The Balaban J connectivity index is 2.83. The third-order valence-corrected chi connectivity index (χ3v) is 2.81. The molecule has 0 bridgehead atoms. The highest BCUT2D eigenvalue weighted by molar-refractivity contribution is 5.34. The highest BCUT2D eigenvalue weighted by atomic mass is 14.1. The summed E-state index contributed by atoms with van der Waals surface area (Å²) < 4.78 is 0. The Bertz CT molecular complexity index is 273. The molecule has 0 atom stereocenters. The van der Waals surface area contributed by atoms with E-state index >= 15 is 0 Å². The van der Waals surface area contributed by atoms with Gasteiger partial charge in [0.15, 0.2) is 0 Å². The molecule has 0 heterocycles. The fourth-order valence-corrected chi connectivity index (χ4v) is 1.97. The molecule has 0 aromatic heterocycles. The van der Waals surface area contributed by atoms with E-state index in [1.807, 2.05) is 0 Å². The second-order valence-electron chi connectivity index (χ2n) is 4.07. The van der Waals surface area contributed by atoms with Crippen molar-refractivity contribution in [2.24, 2.45) is 0 Å². The molecule has 0 spiro atoms. The molecule has 0 heteroatoms. The van der Waals surface area contributed by atoms with Gasteiger partial charge in [0.2, 0.25) is 0 Å².